The first-order valence-electron chi connectivity index (χ1n) is 7.10. The van der Waals surface area contributed by atoms with E-state index in [-0.39, 0.29) is 11.8 Å². The molecule has 116 valence electrons. The summed E-state index contributed by atoms with van der Waals surface area (Å²) in [6.07, 6.45) is 0.668. The Morgan fingerprint density at radius 2 is 1.86 bits per heavy atom. The molecule has 2 amide bonds. The standard InChI is InChI=1S/C17H20N2O3/c1-22-16-7-3-5-14(11-16)12-19-17(21)18-9-8-13-4-2-6-15(20)10-13/h2-7,10-11,20H,8-9,12H2,1H3,(H2,18,19,21). The van der Waals surface area contributed by atoms with Crippen LogP contribution in [0.4, 0.5) is 4.79 Å². The molecular weight excluding hydrogens is 280 g/mol. The number of benzene rings is 2. The van der Waals surface area contributed by atoms with Crippen LogP contribution in [0.1, 0.15) is 11.1 Å². The van der Waals surface area contributed by atoms with Crippen molar-refractivity contribution in [2.45, 2.75) is 13.0 Å². The Balaban J connectivity index is 1.71. The largest absolute Gasteiger partial charge is 0.508 e. The molecule has 2 rings (SSSR count). The van der Waals surface area contributed by atoms with E-state index in [1.165, 1.54) is 0 Å². The number of ether oxygens (including phenoxy) is 1. The summed E-state index contributed by atoms with van der Waals surface area (Å²) in [4.78, 5) is 11.7. The molecule has 0 heterocycles. The van der Waals surface area contributed by atoms with E-state index in [9.17, 15) is 9.90 Å². The van der Waals surface area contributed by atoms with Crippen molar-refractivity contribution in [1.29, 1.82) is 0 Å². The number of amides is 2. The van der Waals surface area contributed by atoms with Gasteiger partial charge < -0.3 is 20.5 Å². The van der Waals surface area contributed by atoms with Crippen molar-refractivity contribution in [2.75, 3.05) is 13.7 Å². The van der Waals surface area contributed by atoms with E-state index < -0.39 is 0 Å². The molecule has 0 aliphatic rings. The van der Waals surface area contributed by atoms with Crippen LogP contribution in [0.5, 0.6) is 11.5 Å². The lowest BCUT2D eigenvalue weighted by atomic mass is 10.1. The summed E-state index contributed by atoms with van der Waals surface area (Å²) in [7, 11) is 1.61. The van der Waals surface area contributed by atoms with Gasteiger partial charge in [0.1, 0.15) is 11.5 Å². The van der Waals surface area contributed by atoms with Gasteiger partial charge in [-0.25, -0.2) is 4.79 Å². The number of carbonyl (C=O) groups is 1. The highest BCUT2D eigenvalue weighted by molar-refractivity contribution is 5.73. The highest BCUT2D eigenvalue weighted by Gasteiger charge is 2.02. The Bertz CT molecular complexity index is 629. The molecule has 0 radical (unpaired) electrons. The summed E-state index contributed by atoms with van der Waals surface area (Å²) in [5.41, 5.74) is 1.95. The molecule has 0 fully saturated rings. The van der Waals surface area contributed by atoms with Gasteiger partial charge in [-0.15, -0.1) is 0 Å². The minimum Gasteiger partial charge on any atom is -0.508 e. The Labute approximate surface area is 129 Å². The third-order valence-electron chi connectivity index (χ3n) is 3.20. The number of aromatic hydroxyl groups is 1. The molecule has 0 aromatic heterocycles. The first-order chi connectivity index (χ1) is 10.7. The van der Waals surface area contributed by atoms with E-state index in [1.54, 1.807) is 25.3 Å². The Kier molecular flexibility index (Phi) is 5.65. The first-order valence-corrected chi connectivity index (χ1v) is 7.10. The molecule has 5 heteroatoms. The summed E-state index contributed by atoms with van der Waals surface area (Å²) in [5, 5.41) is 14.9. The number of rotatable bonds is 6. The number of methoxy groups -OCH3 is 1. The molecule has 0 saturated heterocycles. The first kappa shape index (κ1) is 15.7. The topological polar surface area (TPSA) is 70.6 Å². The second kappa shape index (κ2) is 7.93. The molecule has 3 N–H and O–H groups in total. The molecule has 22 heavy (non-hydrogen) atoms. The van der Waals surface area contributed by atoms with Gasteiger partial charge in [-0.1, -0.05) is 24.3 Å². The van der Waals surface area contributed by atoms with Crippen LogP contribution in [0.2, 0.25) is 0 Å². The number of urea groups is 1. The Morgan fingerprint density at radius 3 is 2.64 bits per heavy atom. The van der Waals surface area contributed by atoms with Crippen LogP contribution in [0.25, 0.3) is 0 Å². The van der Waals surface area contributed by atoms with Crippen LogP contribution in [0.3, 0.4) is 0 Å². The predicted octanol–water partition coefficient (Wildman–Crippen LogP) is 2.44. The molecule has 0 aliphatic heterocycles. The summed E-state index contributed by atoms with van der Waals surface area (Å²) in [6.45, 7) is 0.947. The van der Waals surface area contributed by atoms with Gasteiger partial charge in [-0.2, -0.15) is 0 Å². The minimum absolute atomic E-state index is 0.219. The molecule has 2 aromatic rings. The zero-order chi connectivity index (χ0) is 15.8. The van der Waals surface area contributed by atoms with Crippen LogP contribution >= 0.6 is 0 Å². The molecule has 0 bridgehead atoms. The van der Waals surface area contributed by atoms with Gasteiger partial charge in [0.05, 0.1) is 7.11 Å². The number of phenols is 1. The van der Waals surface area contributed by atoms with Gasteiger partial charge >= 0.3 is 6.03 Å². The van der Waals surface area contributed by atoms with Crippen molar-refractivity contribution in [1.82, 2.24) is 10.6 Å². The van der Waals surface area contributed by atoms with Crippen molar-refractivity contribution >= 4 is 6.03 Å². The van der Waals surface area contributed by atoms with E-state index >= 15 is 0 Å². The van der Waals surface area contributed by atoms with Gasteiger partial charge in [0.2, 0.25) is 0 Å². The monoisotopic (exact) mass is 300 g/mol. The average Bonchev–Trinajstić information content (AvgIpc) is 2.53. The van der Waals surface area contributed by atoms with Crippen molar-refractivity contribution in [3.8, 4) is 11.5 Å². The number of hydrogen-bond acceptors (Lipinski definition) is 3. The smallest absolute Gasteiger partial charge is 0.315 e. The summed E-state index contributed by atoms with van der Waals surface area (Å²) < 4.78 is 5.14. The van der Waals surface area contributed by atoms with Gasteiger partial charge in [-0.3, -0.25) is 0 Å². The number of carbonyl (C=O) groups excluding carboxylic acids is 1. The highest BCUT2D eigenvalue weighted by atomic mass is 16.5. The normalized spacial score (nSPS) is 10.0. The number of hydrogen-bond donors (Lipinski definition) is 3. The van der Waals surface area contributed by atoms with Crippen LogP contribution in [-0.4, -0.2) is 24.8 Å². The second-order valence-electron chi connectivity index (χ2n) is 4.88. The second-order valence-corrected chi connectivity index (χ2v) is 4.88. The Hall–Kier alpha value is -2.69. The lowest BCUT2D eigenvalue weighted by molar-refractivity contribution is 0.240. The Morgan fingerprint density at radius 1 is 1.09 bits per heavy atom. The van der Waals surface area contributed by atoms with Crippen molar-refractivity contribution < 1.29 is 14.6 Å². The average molecular weight is 300 g/mol. The quantitative estimate of drug-likeness (QED) is 0.767. The van der Waals surface area contributed by atoms with E-state index in [4.69, 9.17) is 4.74 Å². The van der Waals surface area contributed by atoms with Gasteiger partial charge in [0.15, 0.2) is 0 Å². The van der Waals surface area contributed by atoms with Gasteiger partial charge in [0.25, 0.3) is 0 Å². The fourth-order valence-corrected chi connectivity index (χ4v) is 2.06. The van der Waals surface area contributed by atoms with E-state index in [2.05, 4.69) is 10.6 Å². The van der Waals surface area contributed by atoms with Crippen LogP contribution < -0.4 is 15.4 Å². The fraction of sp³-hybridized carbons (Fsp3) is 0.235. The fourth-order valence-electron chi connectivity index (χ4n) is 2.06. The van der Waals surface area contributed by atoms with Crippen LogP contribution in [-0.2, 0) is 13.0 Å². The lowest BCUT2D eigenvalue weighted by Crippen LogP contribution is -2.36. The number of nitrogens with one attached hydrogen (secondary N) is 2. The third kappa shape index (κ3) is 5.01. The lowest BCUT2D eigenvalue weighted by Gasteiger charge is -2.09. The van der Waals surface area contributed by atoms with Crippen LogP contribution in [0, 0.1) is 0 Å². The SMILES string of the molecule is COc1cccc(CNC(=O)NCCc2cccc(O)c2)c1. The molecular formula is C17H20N2O3. The third-order valence-corrected chi connectivity index (χ3v) is 3.20. The zero-order valence-corrected chi connectivity index (χ0v) is 12.5. The number of phenolic OH excluding ortho intramolecular Hbond substituents is 1. The van der Waals surface area contributed by atoms with Crippen LogP contribution in [0.15, 0.2) is 48.5 Å². The molecule has 5 nitrogen and oxygen atoms in total. The molecule has 0 atom stereocenters. The summed E-state index contributed by atoms with van der Waals surface area (Å²) in [5.74, 6) is 1.00. The molecule has 0 saturated carbocycles. The van der Waals surface area contributed by atoms with E-state index in [0.29, 0.717) is 19.5 Å². The maximum Gasteiger partial charge on any atom is 0.315 e. The molecule has 0 unspecified atom stereocenters. The van der Waals surface area contributed by atoms with Gasteiger partial charge in [0, 0.05) is 13.1 Å². The molecule has 2 aromatic carbocycles. The van der Waals surface area contributed by atoms with E-state index in [1.807, 2.05) is 30.3 Å². The maximum atomic E-state index is 11.7. The summed E-state index contributed by atoms with van der Waals surface area (Å²) in [6, 6.07) is 14.3. The van der Waals surface area contributed by atoms with Crippen molar-refractivity contribution in [2.24, 2.45) is 0 Å². The molecule has 0 spiro atoms. The van der Waals surface area contributed by atoms with E-state index in [0.717, 1.165) is 16.9 Å². The molecule has 0 aliphatic carbocycles. The van der Waals surface area contributed by atoms with Crippen molar-refractivity contribution in [3.05, 3.63) is 59.7 Å². The maximum absolute atomic E-state index is 11.7. The van der Waals surface area contributed by atoms with Crippen molar-refractivity contribution in [3.63, 3.8) is 0 Å². The highest BCUT2D eigenvalue weighted by Crippen LogP contribution is 2.12. The zero-order valence-electron chi connectivity index (χ0n) is 12.5. The summed E-state index contributed by atoms with van der Waals surface area (Å²) >= 11 is 0. The minimum atomic E-state index is -0.219. The van der Waals surface area contributed by atoms with Gasteiger partial charge in [-0.05, 0) is 41.8 Å². The predicted molar refractivity (Wildman–Crippen MR) is 85.0 cm³/mol.